The Morgan fingerprint density at radius 3 is 2.28 bits per heavy atom. The molecule has 1 saturated heterocycles. The summed E-state index contributed by atoms with van der Waals surface area (Å²) in [7, 11) is 0. The predicted molar refractivity (Wildman–Crippen MR) is 153 cm³/mol. The quantitative estimate of drug-likeness (QED) is 0.259. The molecule has 2 aliphatic carbocycles. The van der Waals surface area contributed by atoms with E-state index in [0.29, 0.717) is 12.5 Å². The number of likely N-dealkylation sites (tertiary alicyclic amines) is 1. The molecule has 1 amide bonds. The number of carbonyl (C=O) groups is 1. The summed E-state index contributed by atoms with van der Waals surface area (Å²) in [5, 5.41) is 11.4. The number of nitrogens with zero attached hydrogens (tertiary/aromatic N) is 2. The number of nitrogens with two attached hydrogens (primary N) is 3. The summed E-state index contributed by atoms with van der Waals surface area (Å²) < 4.78 is 5.97. The lowest BCUT2D eigenvalue weighted by atomic mass is 9.78. The molecule has 0 spiro atoms. The van der Waals surface area contributed by atoms with Crippen LogP contribution in [0.1, 0.15) is 56.9 Å². The van der Waals surface area contributed by atoms with Crippen LogP contribution < -0.4 is 27.3 Å². The normalized spacial score (nSPS) is 28.7. The first-order chi connectivity index (χ1) is 18.9. The van der Waals surface area contributed by atoms with Crippen molar-refractivity contribution < 1.29 is 9.53 Å². The van der Waals surface area contributed by atoms with Gasteiger partial charge in [0, 0.05) is 24.5 Å². The van der Waals surface area contributed by atoms with Gasteiger partial charge in [0.25, 0.3) is 0 Å². The molecule has 5 rings (SSSR count). The second kappa shape index (κ2) is 12.1. The molecule has 2 aromatic rings. The Morgan fingerprint density at radius 1 is 0.923 bits per heavy atom. The lowest BCUT2D eigenvalue weighted by Crippen LogP contribution is -2.50. The van der Waals surface area contributed by atoms with Gasteiger partial charge in [-0.25, -0.2) is 0 Å². The molecule has 4 atom stereocenters. The molecule has 8 N–H and O–H groups in total. The van der Waals surface area contributed by atoms with Crippen LogP contribution in [-0.2, 0) is 11.3 Å². The Balaban J connectivity index is 1.27. The summed E-state index contributed by atoms with van der Waals surface area (Å²) in [5.74, 6) is 2.62. The first kappa shape index (κ1) is 27.0. The fourth-order valence-electron chi connectivity index (χ4n) is 6.67. The van der Waals surface area contributed by atoms with Gasteiger partial charge >= 0.3 is 0 Å². The zero-order chi connectivity index (χ0) is 27.4. The van der Waals surface area contributed by atoms with Crippen molar-refractivity contribution in [3.8, 4) is 11.5 Å². The third-order valence-corrected chi connectivity index (χ3v) is 8.69. The molecule has 2 saturated carbocycles. The summed E-state index contributed by atoms with van der Waals surface area (Å²) in [5.41, 5.74) is 18.2. The largest absolute Gasteiger partial charge is 0.457 e. The topological polar surface area (TPSA) is 156 Å². The third-order valence-electron chi connectivity index (χ3n) is 8.69. The van der Waals surface area contributed by atoms with Crippen molar-refractivity contribution in [1.29, 1.82) is 5.41 Å². The number of hydrogen-bond donors (Lipinski definition) is 5. The van der Waals surface area contributed by atoms with Crippen LogP contribution in [0.15, 0.2) is 59.6 Å². The van der Waals surface area contributed by atoms with Crippen LogP contribution >= 0.6 is 0 Å². The molecule has 9 nitrogen and oxygen atoms in total. The van der Waals surface area contributed by atoms with E-state index in [0.717, 1.165) is 68.4 Å². The van der Waals surface area contributed by atoms with Gasteiger partial charge in [0.1, 0.15) is 11.5 Å². The highest BCUT2D eigenvalue weighted by atomic mass is 16.5. The van der Waals surface area contributed by atoms with Crippen LogP contribution in [-0.4, -0.2) is 46.8 Å². The van der Waals surface area contributed by atoms with Gasteiger partial charge in [0.2, 0.25) is 5.91 Å². The number of amides is 1. The van der Waals surface area contributed by atoms with Crippen LogP contribution in [0.2, 0.25) is 0 Å². The van der Waals surface area contributed by atoms with Gasteiger partial charge in [-0.05, 0) is 87.1 Å². The Labute approximate surface area is 230 Å². The predicted octanol–water partition coefficient (Wildman–Crippen LogP) is 3.47. The maximum atomic E-state index is 13.7. The molecule has 1 heterocycles. The maximum Gasteiger partial charge on any atom is 0.237 e. The number of para-hydroxylation sites is 1. The third kappa shape index (κ3) is 6.71. The number of rotatable bonds is 8. The van der Waals surface area contributed by atoms with Crippen LogP contribution in [0.5, 0.6) is 11.5 Å². The van der Waals surface area contributed by atoms with Gasteiger partial charge in [-0.1, -0.05) is 30.3 Å². The molecule has 1 aliphatic heterocycles. The minimum atomic E-state index is -0.193. The van der Waals surface area contributed by atoms with Gasteiger partial charge in [-0.15, -0.1) is 0 Å². The summed E-state index contributed by atoms with van der Waals surface area (Å²) in [4.78, 5) is 20.4. The molecule has 0 aromatic heterocycles. The van der Waals surface area contributed by atoms with Gasteiger partial charge in [-0.2, -0.15) is 0 Å². The van der Waals surface area contributed by atoms with Gasteiger partial charge in [0.15, 0.2) is 5.96 Å². The molecule has 3 fully saturated rings. The van der Waals surface area contributed by atoms with E-state index in [1.165, 1.54) is 0 Å². The zero-order valence-electron chi connectivity index (χ0n) is 22.5. The molecule has 2 aromatic carbocycles. The fourth-order valence-corrected chi connectivity index (χ4v) is 6.67. The van der Waals surface area contributed by atoms with Crippen LogP contribution in [0.4, 0.5) is 0 Å². The number of ether oxygens (including phenoxy) is 1. The van der Waals surface area contributed by atoms with E-state index in [9.17, 15) is 4.79 Å². The molecule has 208 valence electrons. The maximum absolute atomic E-state index is 13.7. The molecular weight excluding hydrogens is 490 g/mol. The van der Waals surface area contributed by atoms with Crippen molar-refractivity contribution in [3.63, 3.8) is 0 Å². The van der Waals surface area contributed by atoms with Crippen molar-refractivity contribution >= 4 is 17.7 Å². The minimum Gasteiger partial charge on any atom is -0.457 e. The molecule has 4 unspecified atom stereocenters. The highest BCUT2D eigenvalue weighted by Crippen LogP contribution is 2.43. The van der Waals surface area contributed by atoms with Crippen molar-refractivity contribution in [2.24, 2.45) is 34.0 Å². The second-order valence-corrected chi connectivity index (χ2v) is 11.3. The number of guanidine groups is 1. The minimum absolute atomic E-state index is 0.0861. The number of aliphatic imine (C=N–C) groups is 1. The van der Waals surface area contributed by atoms with Gasteiger partial charge < -0.3 is 27.3 Å². The number of benzene rings is 2. The Morgan fingerprint density at radius 2 is 1.62 bits per heavy atom. The number of hydrogen-bond acceptors (Lipinski definition) is 5. The first-order valence-electron chi connectivity index (χ1n) is 14.2. The van der Waals surface area contributed by atoms with E-state index in [-0.39, 0.29) is 47.8 Å². The van der Waals surface area contributed by atoms with E-state index in [2.05, 4.69) is 27.3 Å². The molecule has 0 bridgehead atoms. The fraction of sp³-hybridized carbons (Fsp3) is 0.500. The van der Waals surface area contributed by atoms with Gasteiger partial charge in [0.05, 0.1) is 17.9 Å². The molecular formula is C30H41N7O2. The standard InChI is InChI=1S/C30H41N7O2/c31-28(32)21-9-8-20-16-27(29(38)35-22-10-12-23(13-11-22)36-30(33)34)37(26(20)17-21)18-19-6-14-25(15-7-19)39-24-4-2-1-3-5-24/h1-7,14-15,20-23,26-27H,8-13,16-18H2,(H3,31,32)(H,35,38)(H4,33,34,36). The Hall–Kier alpha value is -3.59. The van der Waals surface area contributed by atoms with Crippen molar-refractivity contribution in [2.75, 3.05) is 0 Å². The monoisotopic (exact) mass is 531 g/mol. The Kier molecular flexibility index (Phi) is 8.35. The number of fused-ring (bicyclic) bond motifs is 1. The van der Waals surface area contributed by atoms with Crippen LogP contribution in [0.3, 0.4) is 0 Å². The van der Waals surface area contributed by atoms with Crippen LogP contribution in [0, 0.1) is 17.2 Å². The summed E-state index contributed by atoms with van der Waals surface area (Å²) in [6.07, 6.45) is 7.12. The lowest BCUT2D eigenvalue weighted by molar-refractivity contribution is -0.127. The average Bonchev–Trinajstić information content (AvgIpc) is 3.29. The second-order valence-electron chi connectivity index (χ2n) is 11.3. The van der Waals surface area contributed by atoms with Gasteiger partial charge in [-0.3, -0.25) is 20.1 Å². The van der Waals surface area contributed by atoms with E-state index in [1.807, 2.05) is 42.5 Å². The zero-order valence-corrected chi connectivity index (χ0v) is 22.5. The Bertz CT molecular complexity index is 1160. The average molecular weight is 532 g/mol. The smallest absolute Gasteiger partial charge is 0.237 e. The van der Waals surface area contributed by atoms with Crippen molar-refractivity contribution in [3.05, 3.63) is 60.2 Å². The van der Waals surface area contributed by atoms with E-state index in [1.54, 1.807) is 0 Å². The van der Waals surface area contributed by atoms with E-state index in [4.69, 9.17) is 27.3 Å². The van der Waals surface area contributed by atoms with Crippen LogP contribution in [0.25, 0.3) is 0 Å². The molecule has 3 aliphatic rings. The number of carbonyl (C=O) groups excluding carboxylic acids is 1. The molecule has 39 heavy (non-hydrogen) atoms. The number of nitrogens with one attached hydrogen (secondary N) is 2. The van der Waals surface area contributed by atoms with E-state index >= 15 is 0 Å². The summed E-state index contributed by atoms with van der Waals surface area (Å²) in [6, 6.07) is 18.2. The molecule has 9 heteroatoms. The highest BCUT2D eigenvalue weighted by molar-refractivity contribution is 5.83. The van der Waals surface area contributed by atoms with Crippen molar-refractivity contribution in [1.82, 2.24) is 10.2 Å². The molecule has 0 radical (unpaired) electrons. The summed E-state index contributed by atoms with van der Waals surface area (Å²) in [6.45, 7) is 0.673. The highest BCUT2D eigenvalue weighted by Gasteiger charge is 2.47. The van der Waals surface area contributed by atoms with Crippen molar-refractivity contribution in [2.45, 2.75) is 82.1 Å². The SMILES string of the molecule is N=C(N)C1CCC2CC(C(=O)NC3CCC(N=C(N)N)CC3)N(Cc3ccc(Oc4ccccc4)cc3)C2C1. The van der Waals surface area contributed by atoms with E-state index < -0.39 is 0 Å². The number of amidine groups is 1. The summed E-state index contributed by atoms with van der Waals surface area (Å²) >= 11 is 0. The lowest BCUT2D eigenvalue weighted by Gasteiger charge is -2.37. The first-order valence-corrected chi connectivity index (χ1v) is 14.2.